The Labute approximate surface area is 190 Å². The van der Waals surface area contributed by atoms with Crippen molar-refractivity contribution in [3.05, 3.63) is 52.1 Å². The molecule has 1 aromatic carbocycles. The molecule has 0 spiro atoms. The van der Waals surface area contributed by atoms with Crippen molar-refractivity contribution in [1.29, 1.82) is 0 Å². The maximum absolute atomic E-state index is 12.9. The molecule has 1 aliphatic rings. The van der Waals surface area contributed by atoms with Crippen molar-refractivity contribution in [1.82, 2.24) is 9.29 Å². The molecule has 0 saturated carbocycles. The van der Waals surface area contributed by atoms with Crippen molar-refractivity contribution in [3.63, 3.8) is 0 Å². The van der Waals surface area contributed by atoms with Crippen LogP contribution in [0.2, 0.25) is 10.0 Å². The second kappa shape index (κ2) is 9.95. The minimum absolute atomic E-state index is 0.0228. The van der Waals surface area contributed by atoms with Crippen molar-refractivity contribution in [2.75, 3.05) is 18.4 Å². The second-order valence-electron chi connectivity index (χ2n) is 7.00. The number of amides is 1. The first kappa shape index (κ1) is 23.5. The molecule has 31 heavy (non-hydrogen) atoms. The van der Waals surface area contributed by atoms with Gasteiger partial charge in [-0.25, -0.2) is 18.2 Å². The highest BCUT2D eigenvalue weighted by Gasteiger charge is 2.28. The number of nitrogens with one attached hydrogen (secondary N) is 1. The van der Waals surface area contributed by atoms with Crippen molar-refractivity contribution < 1.29 is 22.7 Å². The summed E-state index contributed by atoms with van der Waals surface area (Å²) < 4.78 is 32.3. The quantitative estimate of drug-likeness (QED) is 0.624. The summed E-state index contributed by atoms with van der Waals surface area (Å²) in [7, 11) is -3.76. The minimum Gasteiger partial charge on any atom is -0.449 e. The molecule has 0 aliphatic carbocycles. The number of sulfonamides is 1. The Balaban J connectivity index is 1.72. The molecule has 1 aromatic heterocycles. The highest BCUT2D eigenvalue weighted by Crippen LogP contribution is 2.26. The Morgan fingerprint density at radius 1 is 1.13 bits per heavy atom. The van der Waals surface area contributed by atoms with E-state index in [4.69, 9.17) is 27.9 Å². The molecule has 2 heterocycles. The third-order valence-corrected chi connectivity index (χ3v) is 7.19. The van der Waals surface area contributed by atoms with Crippen LogP contribution in [0.1, 0.15) is 36.5 Å². The van der Waals surface area contributed by atoms with Gasteiger partial charge >= 0.3 is 5.97 Å². The maximum atomic E-state index is 12.9. The predicted molar refractivity (Wildman–Crippen MR) is 117 cm³/mol. The first-order valence-electron chi connectivity index (χ1n) is 9.61. The van der Waals surface area contributed by atoms with Crippen molar-refractivity contribution in [3.8, 4) is 0 Å². The number of rotatable bonds is 6. The zero-order valence-electron chi connectivity index (χ0n) is 16.7. The molecule has 8 nitrogen and oxygen atoms in total. The number of hydrogen-bond acceptors (Lipinski definition) is 6. The summed E-state index contributed by atoms with van der Waals surface area (Å²) in [5.41, 5.74) is -0.135. The molecule has 3 rings (SSSR count). The largest absolute Gasteiger partial charge is 0.449 e. The van der Waals surface area contributed by atoms with Crippen LogP contribution in [0.25, 0.3) is 0 Å². The summed E-state index contributed by atoms with van der Waals surface area (Å²) in [4.78, 5) is 28.8. The number of carbonyl (C=O) groups is 2. The van der Waals surface area contributed by atoms with E-state index in [2.05, 4.69) is 10.3 Å². The summed E-state index contributed by atoms with van der Waals surface area (Å²) >= 11 is 11.9. The summed E-state index contributed by atoms with van der Waals surface area (Å²) in [5, 5.41) is 2.93. The number of nitrogens with zero attached hydrogens (tertiary/aromatic N) is 2. The molecule has 0 radical (unpaired) electrons. The Hall–Kier alpha value is -2.20. The van der Waals surface area contributed by atoms with Gasteiger partial charge in [0.05, 0.1) is 20.5 Å². The fourth-order valence-electron chi connectivity index (χ4n) is 3.03. The first-order valence-corrected chi connectivity index (χ1v) is 11.8. The number of anilines is 1. The Bertz CT molecular complexity index is 1070. The molecule has 1 saturated heterocycles. The average molecular weight is 486 g/mol. The third-order valence-electron chi connectivity index (χ3n) is 4.74. The van der Waals surface area contributed by atoms with E-state index in [-0.39, 0.29) is 21.3 Å². The van der Waals surface area contributed by atoms with E-state index in [0.717, 1.165) is 19.3 Å². The number of piperidine rings is 1. The van der Waals surface area contributed by atoms with Gasteiger partial charge in [-0.3, -0.25) is 4.79 Å². The minimum atomic E-state index is -3.76. The SMILES string of the molecule is C[C@@H](OC(=O)c1cc(S(=O)(=O)N2CCCCC2)ccc1Cl)C(=O)Nc1ccc(Cl)cn1. The average Bonchev–Trinajstić information content (AvgIpc) is 2.76. The lowest BCUT2D eigenvalue weighted by Gasteiger charge is -2.26. The van der Waals surface area contributed by atoms with Gasteiger partial charge in [-0.15, -0.1) is 0 Å². The monoisotopic (exact) mass is 485 g/mol. The Kier molecular flexibility index (Phi) is 7.53. The lowest BCUT2D eigenvalue weighted by atomic mass is 10.2. The number of aromatic nitrogens is 1. The van der Waals surface area contributed by atoms with E-state index >= 15 is 0 Å². The molecule has 1 N–H and O–H groups in total. The number of carbonyl (C=O) groups excluding carboxylic acids is 2. The summed E-state index contributed by atoms with van der Waals surface area (Å²) in [6.07, 6.45) is 2.74. The number of esters is 1. The lowest BCUT2D eigenvalue weighted by Crippen LogP contribution is -2.35. The van der Waals surface area contributed by atoms with E-state index in [1.807, 2.05) is 0 Å². The summed E-state index contributed by atoms with van der Waals surface area (Å²) in [5.74, 6) is -1.28. The lowest BCUT2D eigenvalue weighted by molar-refractivity contribution is -0.123. The maximum Gasteiger partial charge on any atom is 0.340 e. The molecule has 1 fully saturated rings. The second-order valence-corrected chi connectivity index (χ2v) is 9.79. The smallest absolute Gasteiger partial charge is 0.340 e. The Morgan fingerprint density at radius 3 is 2.48 bits per heavy atom. The van der Waals surface area contributed by atoms with Gasteiger partial charge in [-0.1, -0.05) is 29.6 Å². The van der Waals surface area contributed by atoms with Gasteiger partial charge in [0.2, 0.25) is 10.0 Å². The molecule has 1 aliphatic heterocycles. The molecule has 11 heteroatoms. The number of hydrogen-bond donors (Lipinski definition) is 1. The zero-order valence-corrected chi connectivity index (χ0v) is 19.0. The number of pyridine rings is 1. The van der Waals surface area contributed by atoms with E-state index in [1.54, 1.807) is 6.07 Å². The van der Waals surface area contributed by atoms with Crippen LogP contribution in [-0.2, 0) is 19.6 Å². The third kappa shape index (κ3) is 5.74. The van der Waals surface area contributed by atoms with Gasteiger partial charge in [0, 0.05) is 19.3 Å². The normalized spacial score (nSPS) is 15.8. The van der Waals surface area contributed by atoms with Crippen molar-refractivity contribution in [2.24, 2.45) is 0 Å². The van der Waals surface area contributed by atoms with Crippen LogP contribution in [0.3, 0.4) is 0 Å². The van der Waals surface area contributed by atoms with Crippen LogP contribution in [0.5, 0.6) is 0 Å². The first-order chi connectivity index (χ1) is 14.7. The van der Waals surface area contributed by atoms with E-state index in [1.165, 1.54) is 41.7 Å². The van der Waals surface area contributed by atoms with Gasteiger partial charge in [0.15, 0.2) is 6.10 Å². The highest BCUT2D eigenvalue weighted by molar-refractivity contribution is 7.89. The molecule has 2 aromatic rings. The van der Waals surface area contributed by atoms with E-state index in [0.29, 0.717) is 18.1 Å². The van der Waals surface area contributed by atoms with Gasteiger partial charge < -0.3 is 10.1 Å². The van der Waals surface area contributed by atoms with Gasteiger partial charge in [0.25, 0.3) is 5.91 Å². The summed E-state index contributed by atoms with van der Waals surface area (Å²) in [6.45, 7) is 2.24. The fraction of sp³-hybridized carbons (Fsp3) is 0.350. The standard InChI is InChI=1S/C20H21Cl2N3O5S/c1-13(19(26)24-18-8-5-14(21)12-23-18)30-20(27)16-11-15(6-7-17(16)22)31(28,29)25-9-3-2-4-10-25/h5-8,11-13H,2-4,9-10H2,1H3,(H,23,24,26)/t13-/m1/s1. The van der Waals surface area contributed by atoms with E-state index in [9.17, 15) is 18.0 Å². The molecule has 166 valence electrons. The van der Waals surface area contributed by atoms with Crippen molar-refractivity contribution >= 4 is 50.9 Å². The van der Waals surface area contributed by atoms with Gasteiger partial charge in [-0.05, 0) is 50.1 Å². The predicted octanol–water partition coefficient (Wildman–Crippen LogP) is 3.75. The number of benzene rings is 1. The number of halogens is 2. The molecule has 0 bridgehead atoms. The molecule has 1 atom stereocenters. The molecular weight excluding hydrogens is 465 g/mol. The highest BCUT2D eigenvalue weighted by atomic mass is 35.5. The van der Waals surface area contributed by atoms with E-state index < -0.39 is 28.0 Å². The molecular formula is C20H21Cl2N3O5S. The van der Waals surface area contributed by atoms with Gasteiger partial charge in [-0.2, -0.15) is 4.31 Å². The van der Waals surface area contributed by atoms with Crippen LogP contribution >= 0.6 is 23.2 Å². The molecule has 0 unspecified atom stereocenters. The summed E-state index contributed by atoms with van der Waals surface area (Å²) in [6, 6.07) is 6.91. The van der Waals surface area contributed by atoms with Crippen LogP contribution in [0.4, 0.5) is 5.82 Å². The van der Waals surface area contributed by atoms with Crippen LogP contribution in [0, 0.1) is 0 Å². The van der Waals surface area contributed by atoms with Crippen LogP contribution in [0.15, 0.2) is 41.4 Å². The molecule has 1 amide bonds. The zero-order chi connectivity index (χ0) is 22.6. The fourth-order valence-corrected chi connectivity index (χ4v) is 4.88. The topological polar surface area (TPSA) is 106 Å². The van der Waals surface area contributed by atoms with Crippen molar-refractivity contribution in [2.45, 2.75) is 37.2 Å². The van der Waals surface area contributed by atoms with Gasteiger partial charge in [0.1, 0.15) is 5.82 Å². The van der Waals surface area contributed by atoms with Crippen LogP contribution in [-0.4, -0.2) is 48.8 Å². The number of ether oxygens (including phenoxy) is 1. The Morgan fingerprint density at radius 2 is 1.84 bits per heavy atom. The van der Waals surface area contributed by atoms with Crippen LogP contribution < -0.4 is 5.32 Å².